The fraction of sp³-hybridized carbons (Fsp3) is 0.556. The van der Waals surface area contributed by atoms with Crippen molar-refractivity contribution in [2.75, 3.05) is 7.11 Å². The zero-order valence-corrected chi connectivity index (χ0v) is 8.58. The summed E-state index contributed by atoms with van der Waals surface area (Å²) in [6, 6.07) is 1.66. The smallest absolute Gasteiger partial charge is 0.158 e. The molecular formula is C9H13ClN2O. The predicted octanol–water partition coefficient (Wildman–Crippen LogP) is 2.62. The van der Waals surface area contributed by atoms with Crippen molar-refractivity contribution in [3.8, 4) is 0 Å². The fourth-order valence-electron chi connectivity index (χ4n) is 1.12. The summed E-state index contributed by atoms with van der Waals surface area (Å²) < 4.78 is 5.25. The highest BCUT2D eigenvalue weighted by molar-refractivity contribution is 6.29. The predicted molar refractivity (Wildman–Crippen MR) is 51.7 cm³/mol. The molecule has 72 valence electrons. The normalized spacial score (nSPS) is 12.8. The van der Waals surface area contributed by atoms with Gasteiger partial charge in [-0.15, -0.1) is 0 Å². The summed E-state index contributed by atoms with van der Waals surface area (Å²) in [4.78, 5) is 8.20. The molecular weight excluding hydrogens is 188 g/mol. The second-order valence-electron chi connectivity index (χ2n) is 2.75. The molecule has 0 fully saturated rings. The number of nitrogens with zero attached hydrogens (tertiary/aromatic N) is 2. The molecule has 1 heterocycles. The van der Waals surface area contributed by atoms with E-state index in [1.165, 1.54) is 0 Å². The number of hydrogen-bond donors (Lipinski definition) is 0. The topological polar surface area (TPSA) is 35.0 Å². The number of ether oxygens (including phenoxy) is 1. The molecule has 1 unspecified atom stereocenters. The maximum absolute atomic E-state index is 5.74. The van der Waals surface area contributed by atoms with Crippen LogP contribution >= 0.6 is 11.6 Å². The van der Waals surface area contributed by atoms with Crippen molar-refractivity contribution < 1.29 is 4.74 Å². The molecule has 0 bridgehead atoms. The van der Waals surface area contributed by atoms with Gasteiger partial charge in [-0.3, -0.25) is 0 Å². The van der Waals surface area contributed by atoms with Gasteiger partial charge in [-0.05, 0) is 12.5 Å². The molecule has 0 aliphatic heterocycles. The number of rotatable bonds is 4. The zero-order valence-electron chi connectivity index (χ0n) is 7.83. The number of hydrogen-bond acceptors (Lipinski definition) is 3. The minimum Gasteiger partial charge on any atom is -0.373 e. The van der Waals surface area contributed by atoms with Crippen LogP contribution in [0.1, 0.15) is 31.7 Å². The fourth-order valence-corrected chi connectivity index (χ4v) is 1.26. The summed E-state index contributed by atoms with van der Waals surface area (Å²) >= 11 is 5.74. The van der Waals surface area contributed by atoms with E-state index in [1.54, 1.807) is 19.4 Å². The summed E-state index contributed by atoms with van der Waals surface area (Å²) in [5.74, 6) is 0.664. The van der Waals surface area contributed by atoms with Crippen LogP contribution in [0.5, 0.6) is 0 Å². The molecule has 0 aromatic carbocycles. The Morgan fingerprint density at radius 2 is 2.38 bits per heavy atom. The van der Waals surface area contributed by atoms with Crippen LogP contribution in [0.25, 0.3) is 0 Å². The van der Waals surface area contributed by atoms with Gasteiger partial charge in [-0.25, -0.2) is 9.97 Å². The molecule has 1 atom stereocenters. The molecule has 0 aliphatic carbocycles. The Kier molecular flexibility index (Phi) is 4.12. The largest absolute Gasteiger partial charge is 0.373 e. The van der Waals surface area contributed by atoms with Gasteiger partial charge >= 0.3 is 0 Å². The van der Waals surface area contributed by atoms with E-state index < -0.39 is 0 Å². The highest BCUT2D eigenvalue weighted by atomic mass is 35.5. The van der Waals surface area contributed by atoms with Crippen LogP contribution in [0.15, 0.2) is 12.3 Å². The Hall–Kier alpha value is -0.670. The summed E-state index contributed by atoms with van der Waals surface area (Å²) in [7, 11) is 1.66. The molecule has 0 saturated heterocycles. The van der Waals surface area contributed by atoms with E-state index in [9.17, 15) is 0 Å². The van der Waals surface area contributed by atoms with Gasteiger partial charge in [0.05, 0.1) is 0 Å². The van der Waals surface area contributed by atoms with Crippen LogP contribution in [0, 0.1) is 0 Å². The van der Waals surface area contributed by atoms with Crippen LogP contribution in [0.2, 0.25) is 5.15 Å². The van der Waals surface area contributed by atoms with Crippen molar-refractivity contribution in [3.05, 3.63) is 23.2 Å². The third-order valence-electron chi connectivity index (χ3n) is 1.76. The standard InChI is InChI=1S/C9H13ClN2O/c1-3-4-7(13-2)9-11-6-5-8(10)12-9/h5-7H,3-4H2,1-2H3. The van der Waals surface area contributed by atoms with E-state index in [0.29, 0.717) is 11.0 Å². The Bertz CT molecular complexity index is 268. The molecule has 0 radical (unpaired) electrons. The maximum Gasteiger partial charge on any atom is 0.158 e. The lowest BCUT2D eigenvalue weighted by atomic mass is 10.2. The lowest BCUT2D eigenvalue weighted by molar-refractivity contribution is 0.0876. The highest BCUT2D eigenvalue weighted by Gasteiger charge is 2.12. The molecule has 0 amide bonds. The first-order chi connectivity index (χ1) is 6.27. The van der Waals surface area contributed by atoms with Gasteiger partial charge in [0.1, 0.15) is 11.3 Å². The van der Waals surface area contributed by atoms with Crippen LogP contribution in [0.3, 0.4) is 0 Å². The lowest BCUT2D eigenvalue weighted by Gasteiger charge is -2.11. The van der Waals surface area contributed by atoms with Crippen molar-refractivity contribution in [1.82, 2.24) is 9.97 Å². The van der Waals surface area contributed by atoms with Crippen LogP contribution in [-0.4, -0.2) is 17.1 Å². The Morgan fingerprint density at radius 1 is 1.62 bits per heavy atom. The van der Waals surface area contributed by atoms with Gasteiger partial charge in [0.25, 0.3) is 0 Å². The number of aromatic nitrogens is 2. The minimum absolute atomic E-state index is 0.0382. The molecule has 1 aromatic heterocycles. The third-order valence-corrected chi connectivity index (χ3v) is 1.97. The Labute approximate surface area is 83.1 Å². The first-order valence-electron chi connectivity index (χ1n) is 4.29. The third kappa shape index (κ3) is 2.94. The number of methoxy groups -OCH3 is 1. The van der Waals surface area contributed by atoms with Crippen molar-refractivity contribution >= 4 is 11.6 Å². The number of halogens is 1. The molecule has 0 N–H and O–H groups in total. The van der Waals surface area contributed by atoms with Crippen molar-refractivity contribution in [2.24, 2.45) is 0 Å². The minimum atomic E-state index is -0.0382. The Morgan fingerprint density at radius 3 is 2.92 bits per heavy atom. The summed E-state index contributed by atoms with van der Waals surface area (Å²) in [6.07, 6.45) is 3.56. The lowest BCUT2D eigenvalue weighted by Crippen LogP contribution is -2.06. The van der Waals surface area contributed by atoms with Crippen LogP contribution in [-0.2, 0) is 4.74 Å². The molecule has 1 rings (SSSR count). The van der Waals surface area contributed by atoms with E-state index in [-0.39, 0.29) is 6.10 Å². The van der Waals surface area contributed by atoms with Gasteiger partial charge in [0, 0.05) is 13.3 Å². The monoisotopic (exact) mass is 200 g/mol. The highest BCUT2D eigenvalue weighted by Crippen LogP contribution is 2.18. The van der Waals surface area contributed by atoms with Crippen molar-refractivity contribution in [3.63, 3.8) is 0 Å². The average Bonchev–Trinajstić information content (AvgIpc) is 2.14. The quantitative estimate of drug-likeness (QED) is 0.701. The van der Waals surface area contributed by atoms with Gasteiger partial charge in [0.15, 0.2) is 5.82 Å². The summed E-state index contributed by atoms with van der Waals surface area (Å²) in [5.41, 5.74) is 0. The first-order valence-corrected chi connectivity index (χ1v) is 4.67. The molecule has 0 aliphatic rings. The van der Waals surface area contributed by atoms with E-state index >= 15 is 0 Å². The summed E-state index contributed by atoms with van der Waals surface area (Å²) in [5, 5.41) is 0.461. The summed E-state index contributed by atoms with van der Waals surface area (Å²) in [6.45, 7) is 2.09. The maximum atomic E-state index is 5.74. The van der Waals surface area contributed by atoms with Crippen molar-refractivity contribution in [1.29, 1.82) is 0 Å². The molecule has 0 spiro atoms. The average molecular weight is 201 g/mol. The van der Waals surface area contributed by atoms with E-state index in [4.69, 9.17) is 16.3 Å². The van der Waals surface area contributed by atoms with Gasteiger partial charge in [0.2, 0.25) is 0 Å². The molecule has 4 heteroatoms. The SMILES string of the molecule is CCCC(OC)c1nccc(Cl)n1. The second kappa shape index (κ2) is 5.14. The van der Waals surface area contributed by atoms with Crippen LogP contribution in [0.4, 0.5) is 0 Å². The Balaban J connectivity index is 2.78. The second-order valence-corrected chi connectivity index (χ2v) is 3.14. The molecule has 1 aromatic rings. The molecule has 0 saturated carbocycles. The van der Waals surface area contributed by atoms with E-state index in [2.05, 4.69) is 16.9 Å². The van der Waals surface area contributed by atoms with Gasteiger partial charge < -0.3 is 4.74 Å². The van der Waals surface area contributed by atoms with Crippen LogP contribution < -0.4 is 0 Å². The van der Waals surface area contributed by atoms with E-state index in [1.807, 2.05) is 0 Å². The first kappa shape index (κ1) is 10.4. The van der Waals surface area contributed by atoms with Gasteiger partial charge in [-0.1, -0.05) is 24.9 Å². The van der Waals surface area contributed by atoms with Gasteiger partial charge in [-0.2, -0.15) is 0 Å². The van der Waals surface area contributed by atoms with E-state index in [0.717, 1.165) is 12.8 Å². The van der Waals surface area contributed by atoms with Crippen molar-refractivity contribution in [2.45, 2.75) is 25.9 Å². The molecule has 3 nitrogen and oxygen atoms in total. The molecule has 13 heavy (non-hydrogen) atoms. The zero-order chi connectivity index (χ0) is 9.68.